The second kappa shape index (κ2) is 11.2. The molecule has 1 aliphatic rings. The zero-order valence-corrected chi connectivity index (χ0v) is 19.8. The van der Waals surface area contributed by atoms with Crippen LogP contribution >= 0.6 is 34.8 Å². The molecule has 0 aliphatic heterocycles. The molecule has 7 heteroatoms. The van der Waals surface area contributed by atoms with Crippen molar-refractivity contribution in [2.24, 2.45) is 0 Å². The molecule has 2 amide bonds. The lowest BCUT2D eigenvalue weighted by atomic mass is 10.1. The normalized spacial score (nSPS) is 15.0. The maximum atomic E-state index is 13.4. The third-order valence-electron chi connectivity index (χ3n) is 5.72. The Morgan fingerprint density at radius 3 is 2.39 bits per heavy atom. The fraction of sp³-hybridized carbons (Fsp3) is 0.417. The molecule has 1 saturated carbocycles. The van der Waals surface area contributed by atoms with Crippen LogP contribution in [0.5, 0.6) is 0 Å². The van der Waals surface area contributed by atoms with Gasteiger partial charge in [0.1, 0.15) is 6.04 Å². The molecule has 166 valence electrons. The highest BCUT2D eigenvalue weighted by atomic mass is 35.5. The van der Waals surface area contributed by atoms with Crippen LogP contribution in [0.1, 0.15) is 50.2 Å². The van der Waals surface area contributed by atoms with E-state index in [1.54, 1.807) is 23.1 Å². The van der Waals surface area contributed by atoms with Gasteiger partial charge >= 0.3 is 0 Å². The summed E-state index contributed by atoms with van der Waals surface area (Å²) in [7, 11) is 0. The molecule has 0 radical (unpaired) electrons. The number of amides is 2. The standard InChI is InChI=1S/C24H27Cl3N2O2/c1-2-22(24(31)28-18-8-4-5-9-18)29(15-16-11-12-20(26)21(27)13-16)23(30)14-17-7-3-6-10-19(17)25/h3,6-7,10-13,18,22H,2,4-5,8-9,14-15H2,1H3,(H,28,31)/t22-/m1/s1. The topological polar surface area (TPSA) is 49.4 Å². The van der Waals surface area contributed by atoms with Crippen LogP contribution in [0, 0.1) is 0 Å². The molecule has 3 rings (SSSR count). The molecule has 4 nitrogen and oxygen atoms in total. The quantitative estimate of drug-likeness (QED) is 0.498. The van der Waals surface area contributed by atoms with E-state index in [0.29, 0.717) is 21.5 Å². The van der Waals surface area contributed by atoms with Crippen molar-refractivity contribution in [3.8, 4) is 0 Å². The number of halogens is 3. The maximum Gasteiger partial charge on any atom is 0.243 e. The van der Waals surface area contributed by atoms with Gasteiger partial charge in [-0.2, -0.15) is 0 Å². The fourth-order valence-electron chi connectivity index (χ4n) is 4.03. The molecule has 0 bridgehead atoms. The van der Waals surface area contributed by atoms with Gasteiger partial charge in [0.25, 0.3) is 0 Å². The van der Waals surface area contributed by atoms with Gasteiger partial charge in [0.05, 0.1) is 16.5 Å². The maximum absolute atomic E-state index is 13.4. The van der Waals surface area contributed by atoms with Crippen molar-refractivity contribution >= 4 is 46.6 Å². The summed E-state index contributed by atoms with van der Waals surface area (Å²) in [6, 6.07) is 12.1. The average Bonchev–Trinajstić information content (AvgIpc) is 3.25. The minimum Gasteiger partial charge on any atom is -0.352 e. The first-order chi connectivity index (χ1) is 14.9. The molecule has 2 aromatic rings. The first-order valence-corrected chi connectivity index (χ1v) is 11.8. The lowest BCUT2D eigenvalue weighted by Crippen LogP contribution is -2.51. The SMILES string of the molecule is CC[C@H](C(=O)NC1CCCC1)N(Cc1ccc(Cl)c(Cl)c1)C(=O)Cc1ccccc1Cl. The third-order valence-corrected chi connectivity index (χ3v) is 6.83. The van der Waals surface area contributed by atoms with Crippen LogP contribution in [0.3, 0.4) is 0 Å². The van der Waals surface area contributed by atoms with Gasteiger partial charge in [-0.05, 0) is 48.6 Å². The van der Waals surface area contributed by atoms with Gasteiger partial charge in [-0.15, -0.1) is 0 Å². The van der Waals surface area contributed by atoms with Crippen LogP contribution in [0.4, 0.5) is 0 Å². The van der Waals surface area contributed by atoms with E-state index < -0.39 is 6.04 Å². The minimum atomic E-state index is -0.579. The van der Waals surface area contributed by atoms with E-state index in [4.69, 9.17) is 34.8 Å². The molecule has 0 aromatic heterocycles. The van der Waals surface area contributed by atoms with Crippen molar-refractivity contribution in [1.82, 2.24) is 10.2 Å². The Kier molecular flexibility index (Phi) is 8.65. The Labute approximate surface area is 198 Å². The zero-order chi connectivity index (χ0) is 22.4. The molecular formula is C24H27Cl3N2O2. The lowest BCUT2D eigenvalue weighted by Gasteiger charge is -2.32. The fourth-order valence-corrected chi connectivity index (χ4v) is 4.55. The molecule has 0 heterocycles. The van der Waals surface area contributed by atoms with Gasteiger partial charge in [-0.25, -0.2) is 0 Å². The lowest BCUT2D eigenvalue weighted by molar-refractivity contribution is -0.141. The van der Waals surface area contributed by atoms with E-state index in [0.717, 1.165) is 36.8 Å². The molecular weight excluding hydrogens is 455 g/mol. The number of rotatable bonds is 8. The summed E-state index contributed by atoms with van der Waals surface area (Å²) in [6.07, 6.45) is 4.85. The van der Waals surface area contributed by atoms with Gasteiger partial charge in [-0.3, -0.25) is 9.59 Å². The van der Waals surface area contributed by atoms with E-state index >= 15 is 0 Å². The molecule has 1 N–H and O–H groups in total. The highest BCUT2D eigenvalue weighted by Gasteiger charge is 2.31. The van der Waals surface area contributed by atoms with E-state index in [1.807, 2.05) is 31.2 Å². The van der Waals surface area contributed by atoms with Gasteiger partial charge in [-0.1, -0.05) is 78.8 Å². The van der Waals surface area contributed by atoms with Crippen LogP contribution in [-0.2, 0) is 22.6 Å². The Balaban J connectivity index is 1.85. The Morgan fingerprint density at radius 2 is 1.74 bits per heavy atom. The summed E-state index contributed by atoms with van der Waals surface area (Å²) in [4.78, 5) is 28.2. The van der Waals surface area contributed by atoms with Crippen LogP contribution in [0.2, 0.25) is 15.1 Å². The van der Waals surface area contributed by atoms with Crippen molar-refractivity contribution in [3.05, 3.63) is 68.7 Å². The first-order valence-electron chi connectivity index (χ1n) is 10.7. The Hall–Kier alpha value is -1.75. The first kappa shape index (κ1) is 23.9. The molecule has 1 fully saturated rings. The van der Waals surface area contributed by atoms with Crippen molar-refractivity contribution in [2.45, 2.75) is 64.1 Å². The number of carbonyl (C=O) groups is 2. The Morgan fingerprint density at radius 1 is 1.03 bits per heavy atom. The molecule has 31 heavy (non-hydrogen) atoms. The molecule has 1 aliphatic carbocycles. The second-order valence-electron chi connectivity index (χ2n) is 7.95. The predicted octanol–water partition coefficient (Wildman–Crippen LogP) is 6.06. The summed E-state index contributed by atoms with van der Waals surface area (Å²) < 4.78 is 0. The van der Waals surface area contributed by atoms with Crippen molar-refractivity contribution in [3.63, 3.8) is 0 Å². The number of hydrogen-bond donors (Lipinski definition) is 1. The van der Waals surface area contributed by atoms with Crippen molar-refractivity contribution < 1.29 is 9.59 Å². The van der Waals surface area contributed by atoms with Gasteiger partial charge < -0.3 is 10.2 Å². The number of hydrogen-bond acceptors (Lipinski definition) is 2. The number of nitrogens with one attached hydrogen (secondary N) is 1. The minimum absolute atomic E-state index is 0.109. The van der Waals surface area contributed by atoms with Gasteiger partial charge in [0.2, 0.25) is 11.8 Å². The highest BCUT2D eigenvalue weighted by molar-refractivity contribution is 6.42. The van der Waals surface area contributed by atoms with E-state index in [9.17, 15) is 9.59 Å². The summed E-state index contributed by atoms with van der Waals surface area (Å²) >= 11 is 18.5. The van der Waals surface area contributed by atoms with E-state index in [1.165, 1.54) is 0 Å². The molecule has 2 aromatic carbocycles. The monoisotopic (exact) mass is 480 g/mol. The number of carbonyl (C=O) groups excluding carboxylic acids is 2. The number of benzene rings is 2. The smallest absolute Gasteiger partial charge is 0.243 e. The summed E-state index contributed by atoms with van der Waals surface area (Å²) in [5, 5.41) is 4.54. The van der Waals surface area contributed by atoms with Gasteiger partial charge in [0, 0.05) is 17.6 Å². The second-order valence-corrected chi connectivity index (χ2v) is 9.17. The zero-order valence-electron chi connectivity index (χ0n) is 17.5. The largest absolute Gasteiger partial charge is 0.352 e. The Bertz CT molecular complexity index is 929. The van der Waals surface area contributed by atoms with Crippen LogP contribution < -0.4 is 5.32 Å². The van der Waals surface area contributed by atoms with Crippen LogP contribution in [0.25, 0.3) is 0 Å². The molecule has 0 spiro atoms. The van der Waals surface area contributed by atoms with E-state index in [2.05, 4.69) is 5.32 Å². The number of nitrogens with zero attached hydrogens (tertiary/aromatic N) is 1. The van der Waals surface area contributed by atoms with Crippen molar-refractivity contribution in [2.75, 3.05) is 0 Å². The highest BCUT2D eigenvalue weighted by Crippen LogP contribution is 2.25. The summed E-state index contributed by atoms with van der Waals surface area (Å²) in [5.74, 6) is -0.269. The van der Waals surface area contributed by atoms with E-state index in [-0.39, 0.29) is 30.8 Å². The summed E-state index contributed by atoms with van der Waals surface area (Å²) in [6.45, 7) is 2.18. The van der Waals surface area contributed by atoms with Crippen molar-refractivity contribution in [1.29, 1.82) is 0 Å². The third kappa shape index (κ3) is 6.38. The molecule has 0 unspecified atom stereocenters. The predicted molar refractivity (Wildman–Crippen MR) is 127 cm³/mol. The molecule has 0 saturated heterocycles. The van der Waals surface area contributed by atoms with Gasteiger partial charge in [0.15, 0.2) is 0 Å². The van der Waals surface area contributed by atoms with Crippen LogP contribution in [-0.4, -0.2) is 28.8 Å². The summed E-state index contributed by atoms with van der Waals surface area (Å²) in [5.41, 5.74) is 1.55. The molecule has 1 atom stereocenters. The average molecular weight is 482 g/mol. The van der Waals surface area contributed by atoms with Crippen LogP contribution in [0.15, 0.2) is 42.5 Å².